The molecule has 0 fully saturated rings. The Hall–Kier alpha value is -2.51. The van der Waals surface area contributed by atoms with Crippen molar-refractivity contribution >= 4 is 27.2 Å². The Balaban J connectivity index is 2.15. The molecule has 0 spiro atoms. The van der Waals surface area contributed by atoms with Crippen LogP contribution in [0.15, 0.2) is 65.7 Å². The number of hydrogen-bond donors (Lipinski definition) is 1. The number of sulfone groups is 1. The monoisotopic (exact) mass is 357 g/mol. The summed E-state index contributed by atoms with van der Waals surface area (Å²) < 4.78 is 24.7. The maximum atomic E-state index is 11.6. The molecule has 0 aliphatic rings. The zero-order valence-electron chi connectivity index (χ0n) is 12.9. The van der Waals surface area contributed by atoms with Crippen molar-refractivity contribution in [2.75, 3.05) is 6.26 Å². The number of aromatic nitrogens is 2. The third-order valence-electron chi connectivity index (χ3n) is 3.58. The van der Waals surface area contributed by atoms with E-state index in [2.05, 4.69) is 5.10 Å². The summed E-state index contributed by atoms with van der Waals surface area (Å²) in [5.74, 6) is 0. The van der Waals surface area contributed by atoms with Crippen LogP contribution in [0.1, 0.15) is 0 Å². The molecule has 1 heterocycles. The van der Waals surface area contributed by atoms with Crippen LogP contribution in [0.3, 0.4) is 0 Å². The van der Waals surface area contributed by atoms with Gasteiger partial charge in [-0.1, -0.05) is 42.5 Å². The number of rotatable bonds is 3. The van der Waals surface area contributed by atoms with Gasteiger partial charge in [0.25, 0.3) is 0 Å². The molecule has 7 heteroatoms. The van der Waals surface area contributed by atoms with Crippen LogP contribution in [-0.4, -0.2) is 29.6 Å². The van der Waals surface area contributed by atoms with Crippen LogP contribution in [0.5, 0.6) is 0 Å². The van der Waals surface area contributed by atoms with Crippen LogP contribution in [-0.2, 0) is 9.84 Å². The van der Waals surface area contributed by atoms with E-state index in [1.165, 1.54) is 10.9 Å². The summed E-state index contributed by atoms with van der Waals surface area (Å²) in [5, 5.41) is 4.60. The second-order valence-corrected chi connectivity index (χ2v) is 7.77. The van der Waals surface area contributed by atoms with Crippen molar-refractivity contribution in [3.8, 4) is 22.4 Å². The average molecular weight is 357 g/mol. The van der Waals surface area contributed by atoms with Gasteiger partial charge in [0.1, 0.15) is 5.69 Å². The van der Waals surface area contributed by atoms with Gasteiger partial charge in [0.15, 0.2) is 14.9 Å². The van der Waals surface area contributed by atoms with Gasteiger partial charge in [-0.25, -0.2) is 13.1 Å². The molecule has 2 aromatic carbocycles. The van der Waals surface area contributed by atoms with E-state index in [-0.39, 0.29) is 10.0 Å². The van der Waals surface area contributed by atoms with Gasteiger partial charge >= 0.3 is 0 Å². The Morgan fingerprint density at radius 1 is 1.04 bits per heavy atom. The normalized spacial score (nSPS) is 11.4. The maximum Gasteiger partial charge on any atom is 0.191 e. The Bertz CT molecular complexity index is 992. The minimum Gasteiger partial charge on any atom is -0.374 e. The van der Waals surface area contributed by atoms with Gasteiger partial charge in [-0.3, -0.25) is 0 Å². The van der Waals surface area contributed by atoms with Crippen molar-refractivity contribution in [3.05, 3.63) is 60.8 Å². The van der Waals surface area contributed by atoms with Gasteiger partial charge in [0.05, 0.1) is 4.90 Å². The third kappa shape index (κ3) is 3.22. The Labute approximate surface area is 145 Å². The van der Waals surface area contributed by atoms with Gasteiger partial charge < -0.3 is 5.73 Å². The summed E-state index contributed by atoms with van der Waals surface area (Å²) in [6.07, 6.45) is 2.93. The first-order chi connectivity index (χ1) is 11.4. The molecule has 0 amide bonds. The van der Waals surface area contributed by atoms with E-state index in [4.69, 9.17) is 18.0 Å². The Kier molecular flexibility index (Phi) is 4.21. The molecule has 122 valence electrons. The fourth-order valence-electron chi connectivity index (χ4n) is 2.39. The average Bonchev–Trinajstić information content (AvgIpc) is 3.00. The molecule has 0 atom stereocenters. The van der Waals surface area contributed by atoms with Crippen LogP contribution in [0.2, 0.25) is 0 Å². The zero-order valence-corrected chi connectivity index (χ0v) is 14.5. The zero-order chi connectivity index (χ0) is 17.3. The second kappa shape index (κ2) is 6.18. The number of nitrogens with zero attached hydrogens (tertiary/aromatic N) is 2. The molecule has 1 aromatic heterocycles. The van der Waals surface area contributed by atoms with Crippen molar-refractivity contribution in [2.45, 2.75) is 4.90 Å². The lowest BCUT2D eigenvalue weighted by atomic mass is 10.0. The molecule has 2 N–H and O–H groups in total. The lowest BCUT2D eigenvalue weighted by Gasteiger charge is -2.04. The maximum absolute atomic E-state index is 11.6. The number of benzene rings is 2. The van der Waals surface area contributed by atoms with Gasteiger partial charge in [-0.2, -0.15) is 5.10 Å². The molecule has 0 radical (unpaired) electrons. The molecule has 0 saturated heterocycles. The highest BCUT2D eigenvalue weighted by molar-refractivity contribution is 7.90. The first kappa shape index (κ1) is 16.4. The standard InChI is InChI=1S/C17H15N3O2S2/c1-24(21,22)14-9-7-12(8-10-14)15-11-20(17(18)23)19-16(15)13-5-3-2-4-6-13/h2-11H,1H3,(H2,18,23). The number of hydrogen-bond acceptors (Lipinski definition) is 4. The van der Waals surface area contributed by atoms with Gasteiger partial charge in [-0.05, 0) is 29.9 Å². The van der Waals surface area contributed by atoms with Gasteiger partial charge in [-0.15, -0.1) is 0 Å². The van der Waals surface area contributed by atoms with E-state index in [9.17, 15) is 8.42 Å². The largest absolute Gasteiger partial charge is 0.374 e. The molecule has 3 rings (SSSR count). The molecular formula is C17H15N3O2S2. The quantitative estimate of drug-likeness (QED) is 0.729. The molecule has 0 saturated carbocycles. The molecule has 3 aromatic rings. The molecule has 0 aliphatic heterocycles. The summed E-state index contributed by atoms with van der Waals surface area (Å²) in [6, 6.07) is 16.3. The summed E-state index contributed by atoms with van der Waals surface area (Å²) >= 11 is 5.00. The van der Waals surface area contributed by atoms with E-state index in [1.807, 2.05) is 30.3 Å². The number of thiocarbonyl (C=S) groups is 1. The summed E-state index contributed by atoms with van der Waals surface area (Å²) in [4.78, 5) is 0.272. The third-order valence-corrected chi connectivity index (χ3v) is 4.90. The van der Waals surface area contributed by atoms with Crippen molar-refractivity contribution in [3.63, 3.8) is 0 Å². The smallest absolute Gasteiger partial charge is 0.191 e. The van der Waals surface area contributed by atoms with Crippen molar-refractivity contribution in [1.82, 2.24) is 9.78 Å². The van der Waals surface area contributed by atoms with Crippen LogP contribution >= 0.6 is 12.2 Å². The van der Waals surface area contributed by atoms with E-state index >= 15 is 0 Å². The fourth-order valence-corrected chi connectivity index (χ4v) is 3.11. The predicted molar refractivity (Wildman–Crippen MR) is 98.4 cm³/mol. The van der Waals surface area contributed by atoms with Crippen molar-refractivity contribution < 1.29 is 8.42 Å². The second-order valence-electron chi connectivity index (χ2n) is 5.34. The highest BCUT2D eigenvalue weighted by Gasteiger charge is 2.15. The Morgan fingerprint density at radius 2 is 1.67 bits per heavy atom. The minimum atomic E-state index is -3.23. The van der Waals surface area contributed by atoms with Crippen molar-refractivity contribution in [1.29, 1.82) is 0 Å². The summed E-state index contributed by atoms with van der Waals surface area (Å²) in [5.41, 5.74) is 9.01. The first-order valence-corrected chi connectivity index (χ1v) is 9.41. The fraction of sp³-hybridized carbons (Fsp3) is 0.0588. The molecule has 0 unspecified atom stereocenters. The van der Waals surface area contributed by atoms with E-state index in [0.717, 1.165) is 22.4 Å². The van der Waals surface area contributed by atoms with E-state index in [0.29, 0.717) is 0 Å². The molecule has 24 heavy (non-hydrogen) atoms. The minimum absolute atomic E-state index is 0.145. The van der Waals surface area contributed by atoms with Crippen LogP contribution in [0.4, 0.5) is 0 Å². The summed E-state index contributed by atoms with van der Waals surface area (Å²) in [6.45, 7) is 0. The van der Waals surface area contributed by atoms with E-state index in [1.54, 1.807) is 30.5 Å². The SMILES string of the molecule is CS(=O)(=O)c1ccc(-c2cn(C(N)=S)nc2-c2ccccc2)cc1. The predicted octanol–water partition coefficient (Wildman–Crippen LogP) is 2.71. The Morgan fingerprint density at radius 3 is 2.21 bits per heavy atom. The highest BCUT2D eigenvalue weighted by Crippen LogP contribution is 2.31. The van der Waals surface area contributed by atoms with Gasteiger partial charge in [0.2, 0.25) is 0 Å². The lowest BCUT2D eigenvalue weighted by Crippen LogP contribution is -2.19. The van der Waals surface area contributed by atoms with Crippen LogP contribution < -0.4 is 5.73 Å². The molecular weight excluding hydrogens is 342 g/mol. The van der Waals surface area contributed by atoms with Crippen molar-refractivity contribution in [2.24, 2.45) is 5.73 Å². The topological polar surface area (TPSA) is 78.0 Å². The first-order valence-electron chi connectivity index (χ1n) is 7.11. The summed E-state index contributed by atoms with van der Waals surface area (Å²) in [7, 11) is -3.23. The molecule has 0 aliphatic carbocycles. The lowest BCUT2D eigenvalue weighted by molar-refractivity contribution is 0.602. The number of nitrogens with two attached hydrogens (primary N) is 1. The van der Waals surface area contributed by atoms with Crippen LogP contribution in [0, 0.1) is 0 Å². The molecule has 0 bridgehead atoms. The van der Waals surface area contributed by atoms with E-state index < -0.39 is 9.84 Å². The van der Waals surface area contributed by atoms with Gasteiger partial charge in [0, 0.05) is 23.6 Å². The highest BCUT2D eigenvalue weighted by atomic mass is 32.2. The molecule has 5 nitrogen and oxygen atoms in total. The van der Waals surface area contributed by atoms with Crippen LogP contribution in [0.25, 0.3) is 22.4 Å².